The van der Waals surface area contributed by atoms with Crippen molar-refractivity contribution in [2.75, 3.05) is 10.6 Å². The molecule has 0 aromatic heterocycles. The van der Waals surface area contributed by atoms with E-state index in [4.69, 9.17) is 0 Å². The lowest BCUT2D eigenvalue weighted by Crippen LogP contribution is -2.54. The molecular formula is C20H22BrN3O5. The Bertz CT molecular complexity index is 870. The molecule has 5 amide bonds. The molecule has 2 heterocycles. The maximum absolute atomic E-state index is 13.0. The van der Waals surface area contributed by atoms with E-state index < -0.39 is 29.7 Å². The summed E-state index contributed by atoms with van der Waals surface area (Å²) in [4.78, 5) is 62.4. The molecule has 0 saturated carbocycles. The number of benzene rings is 1. The second-order valence-corrected chi connectivity index (χ2v) is 7.87. The van der Waals surface area contributed by atoms with Crippen LogP contribution in [0.1, 0.15) is 65.7 Å². The molecule has 0 spiro atoms. The van der Waals surface area contributed by atoms with Gasteiger partial charge in [-0.25, -0.2) is 0 Å². The fourth-order valence-corrected chi connectivity index (χ4v) is 3.96. The van der Waals surface area contributed by atoms with Crippen LogP contribution >= 0.6 is 15.9 Å². The van der Waals surface area contributed by atoms with Crippen molar-refractivity contribution in [3.63, 3.8) is 0 Å². The quantitative estimate of drug-likeness (QED) is 0.349. The van der Waals surface area contributed by atoms with Crippen molar-refractivity contribution >= 4 is 51.2 Å². The molecule has 8 nitrogen and oxygen atoms in total. The summed E-state index contributed by atoms with van der Waals surface area (Å²) >= 11 is 3.37. The predicted molar refractivity (Wildman–Crippen MR) is 109 cm³/mol. The summed E-state index contributed by atoms with van der Waals surface area (Å²) in [6.07, 6.45) is 4.24. The second kappa shape index (κ2) is 9.30. The van der Waals surface area contributed by atoms with Crippen molar-refractivity contribution in [2.24, 2.45) is 0 Å². The number of imide groups is 2. The summed E-state index contributed by atoms with van der Waals surface area (Å²) < 4.78 is 0. The molecule has 1 fully saturated rings. The average molecular weight is 464 g/mol. The molecule has 1 unspecified atom stereocenters. The highest BCUT2D eigenvalue weighted by Crippen LogP contribution is 2.32. The number of alkyl halides is 1. The number of unbranched alkanes of at least 4 members (excludes halogenated alkanes) is 3. The molecule has 1 saturated heterocycles. The highest BCUT2D eigenvalue weighted by molar-refractivity contribution is 9.09. The van der Waals surface area contributed by atoms with Gasteiger partial charge in [0.25, 0.3) is 11.8 Å². The van der Waals surface area contributed by atoms with Gasteiger partial charge in [-0.1, -0.05) is 34.8 Å². The molecule has 0 radical (unpaired) electrons. The Morgan fingerprint density at radius 3 is 2.59 bits per heavy atom. The molecule has 1 aromatic carbocycles. The van der Waals surface area contributed by atoms with Gasteiger partial charge in [-0.2, -0.15) is 0 Å². The molecule has 154 valence electrons. The maximum atomic E-state index is 13.0. The monoisotopic (exact) mass is 463 g/mol. The molecule has 2 aliphatic heterocycles. The highest BCUT2D eigenvalue weighted by atomic mass is 79.9. The van der Waals surface area contributed by atoms with Gasteiger partial charge < -0.3 is 5.32 Å². The number of nitrogens with zero attached hydrogens (tertiary/aromatic N) is 1. The van der Waals surface area contributed by atoms with Crippen LogP contribution in [0.4, 0.5) is 5.69 Å². The number of anilines is 1. The molecule has 1 aromatic rings. The minimum atomic E-state index is -1.03. The Hall–Kier alpha value is -2.55. The molecule has 9 heteroatoms. The Morgan fingerprint density at radius 2 is 1.86 bits per heavy atom. The molecular weight excluding hydrogens is 442 g/mol. The third kappa shape index (κ3) is 4.55. The SMILES string of the molecule is O=C1CCC(N2C(=O)c3cccc(NC(=O)CCCCCCBr)c3C2=O)C(=O)N1. The van der Waals surface area contributed by atoms with Crippen molar-refractivity contribution < 1.29 is 24.0 Å². The van der Waals surface area contributed by atoms with E-state index >= 15 is 0 Å². The summed E-state index contributed by atoms with van der Waals surface area (Å²) in [6.45, 7) is 0. The number of carbonyl (C=O) groups is 5. The summed E-state index contributed by atoms with van der Waals surface area (Å²) in [5.41, 5.74) is 0.505. The van der Waals surface area contributed by atoms with E-state index in [0.29, 0.717) is 6.42 Å². The van der Waals surface area contributed by atoms with Gasteiger partial charge in [0.05, 0.1) is 16.8 Å². The largest absolute Gasteiger partial charge is 0.325 e. The fraction of sp³-hybridized carbons (Fsp3) is 0.450. The smallest absolute Gasteiger partial charge is 0.264 e. The molecule has 2 N–H and O–H groups in total. The first-order valence-corrected chi connectivity index (χ1v) is 10.8. The van der Waals surface area contributed by atoms with Crippen molar-refractivity contribution in [2.45, 2.75) is 51.0 Å². The van der Waals surface area contributed by atoms with Gasteiger partial charge in [0.2, 0.25) is 17.7 Å². The van der Waals surface area contributed by atoms with E-state index in [1.165, 1.54) is 6.07 Å². The molecule has 3 rings (SSSR count). The number of rotatable bonds is 8. The number of carbonyl (C=O) groups excluding carboxylic acids is 5. The van der Waals surface area contributed by atoms with Gasteiger partial charge >= 0.3 is 0 Å². The highest BCUT2D eigenvalue weighted by Gasteiger charge is 2.45. The standard InChI is InChI=1S/C20H22BrN3O5/c21-11-4-2-1-3-8-15(25)22-13-7-5-6-12-17(13)20(29)24(19(12)28)14-9-10-16(26)23-18(14)27/h5-7,14H,1-4,8-11H2,(H,22,25)(H,23,26,27). The van der Waals surface area contributed by atoms with Gasteiger partial charge in [-0.05, 0) is 31.4 Å². The summed E-state index contributed by atoms with van der Waals surface area (Å²) in [6, 6.07) is 3.62. The summed E-state index contributed by atoms with van der Waals surface area (Å²) in [5, 5.41) is 5.82. The number of nitrogens with one attached hydrogen (secondary N) is 2. The van der Waals surface area contributed by atoms with Crippen LogP contribution in [0.3, 0.4) is 0 Å². The van der Waals surface area contributed by atoms with E-state index in [9.17, 15) is 24.0 Å². The van der Waals surface area contributed by atoms with Crippen molar-refractivity contribution in [1.82, 2.24) is 10.2 Å². The molecule has 1 atom stereocenters. The number of fused-ring (bicyclic) bond motifs is 1. The number of halogens is 1. The van der Waals surface area contributed by atoms with Crippen molar-refractivity contribution in [3.05, 3.63) is 29.3 Å². The Balaban J connectivity index is 1.72. The molecule has 2 aliphatic rings. The lowest BCUT2D eigenvalue weighted by atomic mass is 10.0. The first-order valence-electron chi connectivity index (χ1n) is 9.64. The van der Waals surface area contributed by atoms with Crippen LogP contribution in [-0.4, -0.2) is 45.8 Å². The van der Waals surface area contributed by atoms with Gasteiger partial charge in [-0.15, -0.1) is 0 Å². The van der Waals surface area contributed by atoms with Crippen LogP contribution in [-0.2, 0) is 14.4 Å². The zero-order valence-corrected chi connectivity index (χ0v) is 17.4. The second-order valence-electron chi connectivity index (χ2n) is 7.08. The van der Waals surface area contributed by atoms with Crippen molar-refractivity contribution in [3.8, 4) is 0 Å². The first kappa shape index (κ1) is 21.2. The van der Waals surface area contributed by atoms with E-state index in [-0.39, 0.29) is 35.6 Å². The number of hydrogen-bond acceptors (Lipinski definition) is 5. The lowest BCUT2D eigenvalue weighted by molar-refractivity contribution is -0.136. The minimum absolute atomic E-state index is 0.0580. The summed E-state index contributed by atoms with van der Waals surface area (Å²) in [7, 11) is 0. The molecule has 0 bridgehead atoms. The maximum Gasteiger partial charge on any atom is 0.264 e. The van der Waals surface area contributed by atoms with Crippen LogP contribution in [0, 0.1) is 0 Å². The van der Waals surface area contributed by atoms with Gasteiger partial charge in [0, 0.05) is 18.2 Å². The predicted octanol–water partition coefficient (Wildman–Crippen LogP) is 2.37. The zero-order chi connectivity index (χ0) is 21.0. The molecule has 29 heavy (non-hydrogen) atoms. The van der Waals surface area contributed by atoms with Gasteiger partial charge in [-0.3, -0.25) is 34.2 Å². The van der Waals surface area contributed by atoms with E-state index in [1.807, 2.05) is 0 Å². The number of hydrogen-bond donors (Lipinski definition) is 2. The third-order valence-electron chi connectivity index (χ3n) is 5.03. The molecule has 0 aliphatic carbocycles. The Morgan fingerprint density at radius 1 is 1.10 bits per heavy atom. The van der Waals surface area contributed by atoms with E-state index in [1.54, 1.807) is 12.1 Å². The topological polar surface area (TPSA) is 113 Å². The average Bonchev–Trinajstić information content (AvgIpc) is 2.93. The van der Waals surface area contributed by atoms with Crippen LogP contribution in [0.25, 0.3) is 0 Å². The third-order valence-corrected chi connectivity index (χ3v) is 5.59. The van der Waals surface area contributed by atoms with Crippen molar-refractivity contribution in [1.29, 1.82) is 0 Å². The minimum Gasteiger partial charge on any atom is -0.325 e. The van der Waals surface area contributed by atoms with Gasteiger partial charge in [0.15, 0.2) is 0 Å². The summed E-state index contributed by atoms with van der Waals surface area (Å²) in [5.74, 6) is -2.54. The lowest BCUT2D eigenvalue weighted by Gasteiger charge is -2.27. The first-order chi connectivity index (χ1) is 13.9. The number of amides is 5. The van der Waals surface area contributed by atoms with Gasteiger partial charge in [0.1, 0.15) is 6.04 Å². The zero-order valence-electron chi connectivity index (χ0n) is 15.8. The van der Waals surface area contributed by atoms with E-state index in [0.717, 1.165) is 35.9 Å². The number of piperidine rings is 1. The van der Waals surface area contributed by atoms with E-state index in [2.05, 4.69) is 26.6 Å². The van der Waals surface area contributed by atoms with Crippen LogP contribution in [0.15, 0.2) is 18.2 Å². The fourth-order valence-electron chi connectivity index (χ4n) is 3.57. The normalized spacial score (nSPS) is 18.7. The Labute approximate surface area is 176 Å². The van der Waals surface area contributed by atoms with Crippen LogP contribution in [0.2, 0.25) is 0 Å². The van der Waals surface area contributed by atoms with Crippen LogP contribution < -0.4 is 10.6 Å². The van der Waals surface area contributed by atoms with Crippen LogP contribution in [0.5, 0.6) is 0 Å². The Kier molecular flexibility index (Phi) is 6.79.